The summed E-state index contributed by atoms with van der Waals surface area (Å²) in [6.45, 7) is 7.68. The van der Waals surface area contributed by atoms with Gasteiger partial charge in [0.25, 0.3) is 0 Å². The van der Waals surface area contributed by atoms with E-state index in [1.165, 1.54) is 5.56 Å². The van der Waals surface area contributed by atoms with Crippen LogP contribution >= 0.6 is 0 Å². The third-order valence-electron chi connectivity index (χ3n) is 4.09. The molecule has 0 atom stereocenters. The molecule has 2 nitrogen and oxygen atoms in total. The van der Waals surface area contributed by atoms with Crippen LogP contribution in [0.15, 0.2) is 42.1 Å². The van der Waals surface area contributed by atoms with Gasteiger partial charge in [-0.15, -0.1) is 0 Å². The van der Waals surface area contributed by atoms with Crippen LogP contribution in [0.1, 0.15) is 39.7 Å². The predicted octanol–water partition coefficient (Wildman–Crippen LogP) is 4.10. The minimum atomic E-state index is -0.879. The lowest BCUT2D eigenvalue weighted by Gasteiger charge is -2.32. The molecule has 1 aliphatic heterocycles. The summed E-state index contributed by atoms with van der Waals surface area (Å²) in [5.41, 5.74) is -0.130. The Kier molecular flexibility index (Phi) is 4.35. The summed E-state index contributed by atoms with van der Waals surface area (Å²) in [6, 6.07) is 10.0. The largest absolute Gasteiger partial charge is 0.524 e. The van der Waals surface area contributed by atoms with Crippen molar-refractivity contribution in [3.05, 3.63) is 47.7 Å². The highest BCUT2D eigenvalue weighted by Crippen LogP contribution is 2.38. The number of aryl methyl sites for hydroxylation is 1. The Balaban J connectivity index is 1.92. The van der Waals surface area contributed by atoms with Crippen LogP contribution in [0.25, 0.3) is 0 Å². The number of hydrogen-bond donors (Lipinski definition) is 0. The zero-order valence-electron chi connectivity index (χ0n) is 12.7. The molecule has 0 bridgehead atoms. The predicted molar refractivity (Wildman–Crippen MR) is 80.0 cm³/mol. The maximum absolute atomic E-state index is 14.1. The highest BCUT2D eigenvalue weighted by atomic mass is 19.1. The Morgan fingerprint density at radius 3 is 2.20 bits per heavy atom. The van der Waals surface area contributed by atoms with E-state index in [1.54, 1.807) is 6.08 Å². The SMILES string of the molecule is CC1(C)OB(C(F)=CCCc2ccccc2)OC1(C)C. The van der Waals surface area contributed by atoms with E-state index in [4.69, 9.17) is 9.31 Å². The summed E-state index contributed by atoms with van der Waals surface area (Å²) in [5, 5.41) is 0. The van der Waals surface area contributed by atoms with Crippen LogP contribution in [0.5, 0.6) is 0 Å². The van der Waals surface area contributed by atoms with Crippen molar-refractivity contribution in [1.82, 2.24) is 0 Å². The number of rotatable bonds is 4. The van der Waals surface area contributed by atoms with E-state index in [9.17, 15) is 4.39 Å². The average Bonchev–Trinajstić information content (AvgIpc) is 2.60. The third-order valence-corrected chi connectivity index (χ3v) is 4.09. The van der Waals surface area contributed by atoms with Gasteiger partial charge >= 0.3 is 7.12 Å². The van der Waals surface area contributed by atoms with Gasteiger partial charge in [0.15, 0.2) is 0 Å². The molecule has 1 fully saturated rings. The summed E-state index contributed by atoms with van der Waals surface area (Å²) in [4.78, 5) is 0. The first-order valence-electron chi connectivity index (χ1n) is 7.07. The van der Waals surface area contributed by atoms with Crippen LogP contribution in [0.2, 0.25) is 0 Å². The van der Waals surface area contributed by atoms with Crippen molar-refractivity contribution in [2.75, 3.05) is 0 Å². The first-order chi connectivity index (χ1) is 9.32. The summed E-state index contributed by atoms with van der Waals surface area (Å²) >= 11 is 0. The molecule has 0 aromatic heterocycles. The molecule has 0 unspecified atom stereocenters. The lowest BCUT2D eigenvalue weighted by Crippen LogP contribution is -2.41. The summed E-state index contributed by atoms with van der Waals surface area (Å²) in [6.07, 6.45) is 3.02. The maximum atomic E-state index is 14.1. The summed E-state index contributed by atoms with van der Waals surface area (Å²) in [5.74, 6) is 0. The molecule has 2 rings (SSSR count). The van der Waals surface area contributed by atoms with Gasteiger partial charge in [0.1, 0.15) is 5.73 Å². The Hall–Kier alpha value is -1.13. The Morgan fingerprint density at radius 1 is 1.10 bits per heavy atom. The van der Waals surface area contributed by atoms with E-state index in [2.05, 4.69) is 0 Å². The Morgan fingerprint density at radius 2 is 1.65 bits per heavy atom. The molecular weight excluding hydrogens is 254 g/mol. The van der Waals surface area contributed by atoms with Crippen molar-refractivity contribution in [1.29, 1.82) is 0 Å². The van der Waals surface area contributed by atoms with Gasteiger partial charge in [-0.1, -0.05) is 36.4 Å². The minimum absolute atomic E-state index is 0.334. The van der Waals surface area contributed by atoms with Crippen molar-refractivity contribution < 1.29 is 13.7 Å². The van der Waals surface area contributed by atoms with Gasteiger partial charge in [0, 0.05) is 0 Å². The molecule has 0 radical (unpaired) electrons. The molecule has 1 heterocycles. The molecule has 1 aromatic rings. The van der Waals surface area contributed by atoms with Crippen LogP contribution in [-0.2, 0) is 15.7 Å². The fourth-order valence-corrected chi connectivity index (χ4v) is 2.07. The van der Waals surface area contributed by atoms with Crippen LogP contribution in [0.3, 0.4) is 0 Å². The zero-order chi connectivity index (χ0) is 14.8. The van der Waals surface area contributed by atoms with E-state index in [1.807, 2.05) is 58.0 Å². The van der Waals surface area contributed by atoms with E-state index < -0.39 is 18.3 Å². The monoisotopic (exact) mass is 276 g/mol. The number of benzene rings is 1. The van der Waals surface area contributed by atoms with Crippen LogP contribution in [0.4, 0.5) is 4.39 Å². The molecule has 108 valence electrons. The molecule has 1 aromatic carbocycles. The maximum Gasteiger partial charge on any atom is 0.524 e. The van der Waals surface area contributed by atoms with Gasteiger partial charge in [-0.25, -0.2) is 4.39 Å². The van der Waals surface area contributed by atoms with Crippen molar-refractivity contribution in [3.8, 4) is 0 Å². The van der Waals surface area contributed by atoms with E-state index in [0.717, 1.165) is 6.42 Å². The topological polar surface area (TPSA) is 18.5 Å². The standard InChI is InChI=1S/C16H22BFO2/c1-15(2)16(3,4)20-17(19-15)14(18)12-8-11-13-9-6-5-7-10-13/h5-7,9-10,12H,8,11H2,1-4H3. The normalized spacial score (nSPS) is 21.2. The quantitative estimate of drug-likeness (QED) is 0.771. The van der Waals surface area contributed by atoms with E-state index in [-0.39, 0.29) is 5.73 Å². The highest BCUT2D eigenvalue weighted by Gasteiger charge is 2.52. The lowest BCUT2D eigenvalue weighted by molar-refractivity contribution is 0.00578. The molecular formula is C16H22BFO2. The molecule has 0 N–H and O–H groups in total. The molecule has 20 heavy (non-hydrogen) atoms. The van der Waals surface area contributed by atoms with Crippen LogP contribution < -0.4 is 0 Å². The van der Waals surface area contributed by atoms with Gasteiger partial charge in [-0.3, -0.25) is 0 Å². The summed E-state index contributed by atoms with van der Waals surface area (Å²) in [7, 11) is -0.879. The van der Waals surface area contributed by atoms with Crippen molar-refractivity contribution in [3.63, 3.8) is 0 Å². The number of allylic oxidation sites excluding steroid dienone is 1. The Labute approximate surface area is 121 Å². The van der Waals surface area contributed by atoms with Gasteiger partial charge < -0.3 is 9.31 Å². The third kappa shape index (κ3) is 3.30. The van der Waals surface area contributed by atoms with Crippen molar-refractivity contribution in [2.45, 2.75) is 51.7 Å². The van der Waals surface area contributed by atoms with Crippen LogP contribution in [-0.4, -0.2) is 18.3 Å². The molecule has 4 heteroatoms. The van der Waals surface area contributed by atoms with E-state index in [0.29, 0.717) is 6.42 Å². The minimum Gasteiger partial charge on any atom is -0.398 e. The molecule has 1 saturated heterocycles. The van der Waals surface area contributed by atoms with Crippen LogP contribution in [0, 0.1) is 0 Å². The first-order valence-corrected chi connectivity index (χ1v) is 7.07. The average molecular weight is 276 g/mol. The van der Waals surface area contributed by atoms with Gasteiger partial charge in [-0.2, -0.15) is 0 Å². The van der Waals surface area contributed by atoms with Crippen molar-refractivity contribution in [2.24, 2.45) is 0 Å². The smallest absolute Gasteiger partial charge is 0.398 e. The zero-order valence-corrected chi connectivity index (χ0v) is 12.7. The number of halogens is 1. The molecule has 0 saturated carbocycles. The second-order valence-corrected chi connectivity index (χ2v) is 6.20. The fourth-order valence-electron chi connectivity index (χ4n) is 2.07. The highest BCUT2D eigenvalue weighted by molar-refractivity contribution is 6.53. The van der Waals surface area contributed by atoms with Crippen molar-refractivity contribution >= 4 is 7.12 Å². The Bertz CT molecular complexity index is 467. The second-order valence-electron chi connectivity index (χ2n) is 6.20. The van der Waals surface area contributed by atoms with Gasteiger partial charge in [0.2, 0.25) is 0 Å². The molecule has 0 aliphatic carbocycles. The van der Waals surface area contributed by atoms with Gasteiger partial charge in [0.05, 0.1) is 11.2 Å². The second kappa shape index (κ2) is 5.70. The van der Waals surface area contributed by atoms with E-state index >= 15 is 0 Å². The molecule has 1 aliphatic rings. The van der Waals surface area contributed by atoms with Gasteiger partial charge in [-0.05, 0) is 46.1 Å². The lowest BCUT2D eigenvalue weighted by atomic mass is 9.87. The first kappa shape index (κ1) is 15.3. The molecule has 0 amide bonds. The summed E-state index contributed by atoms with van der Waals surface area (Å²) < 4.78 is 25.4. The number of hydrogen-bond acceptors (Lipinski definition) is 2. The fraction of sp³-hybridized carbons (Fsp3) is 0.500. The molecule has 0 spiro atoms.